The molecule has 3 heteroatoms. The predicted octanol–water partition coefficient (Wildman–Crippen LogP) is 2.43. The fraction of sp³-hybridized carbons (Fsp3) is 0.667. The van der Waals surface area contributed by atoms with Crippen molar-refractivity contribution in [3.63, 3.8) is 0 Å². The van der Waals surface area contributed by atoms with Crippen molar-refractivity contribution in [2.45, 2.75) is 51.7 Å². The molecule has 18 heavy (non-hydrogen) atoms. The topological polar surface area (TPSA) is 28.2 Å². The first kappa shape index (κ1) is 13.5. The third-order valence-corrected chi connectivity index (χ3v) is 4.31. The molecule has 0 radical (unpaired) electrons. The molecule has 1 aromatic heterocycles. The van der Waals surface area contributed by atoms with Gasteiger partial charge in [0.15, 0.2) is 0 Å². The second kappa shape index (κ2) is 5.81. The highest BCUT2D eigenvalue weighted by Gasteiger charge is 2.35. The molecule has 2 atom stereocenters. The average Bonchev–Trinajstić information content (AvgIpc) is 2.42. The van der Waals surface area contributed by atoms with E-state index in [4.69, 9.17) is 0 Å². The molecule has 2 rings (SSSR count). The average molecular weight is 247 g/mol. The molecule has 1 aliphatic rings. The molecule has 1 N–H and O–H groups in total. The van der Waals surface area contributed by atoms with Crippen molar-refractivity contribution in [3.8, 4) is 0 Å². The second-order valence-electron chi connectivity index (χ2n) is 5.54. The monoisotopic (exact) mass is 247 g/mol. The molecular weight excluding hydrogens is 222 g/mol. The summed E-state index contributed by atoms with van der Waals surface area (Å²) in [4.78, 5) is 7.06. The maximum atomic E-state index is 4.46. The van der Waals surface area contributed by atoms with E-state index in [0.29, 0.717) is 6.04 Å². The van der Waals surface area contributed by atoms with Crippen LogP contribution in [0, 0.1) is 0 Å². The summed E-state index contributed by atoms with van der Waals surface area (Å²) in [7, 11) is 0. The van der Waals surface area contributed by atoms with Crippen LogP contribution in [0.15, 0.2) is 24.4 Å². The number of piperazine rings is 1. The number of hydrogen-bond donors (Lipinski definition) is 1. The van der Waals surface area contributed by atoms with E-state index in [1.165, 1.54) is 18.5 Å². The molecule has 2 unspecified atom stereocenters. The highest BCUT2D eigenvalue weighted by Crippen LogP contribution is 2.25. The van der Waals surface area contributed by atoms with E-state index in [0.717, 1.165) is 19.6 Å². The fourth-order valence-electron chi connectivity index (χ4n) is 2.59. The van der Waals surface area contributed by atoms with Gasteiger partial charge in [-0.3, -0.25) is 9.88 Å². The van der Waals surface area contributed by atoms with E-state index >= 15 is 0 Å². The molecule has 0 bridgehead atoms. The van der Waals surface area contributed by atoms with Crippen LogP contribution in [0.3, 0.4) is 0 Å². The molecule has 3 nitrogen and oxygen atoms in total. The van der Waals surface area contributed by atoms with Crippen LogP contribution in [0.25, 0.3) is 0 Å². The number of nitrogens with one attached hydrogen (secondary N) is 1. The molecule has 0 aliphatic carbocycles. The Morgan fingerprint density at radius 2 is 2.28 bits per heavy atom. The van der Waals surface area contributed by atoms with Crippen molar-refractivity contribution in [1.29, 1.82) is 0 Å². The zero-order valence-electron chi connectivity index (χ0n) is 11.8. The predicted molar refractivity (Wildman–Crippen MR) is 75.4 cm³/mol. The summed E-state index contributed by atoms with van der Waals surface area (Å²) in [6.45, 7) is 10.1. The van der Waals surface area contributed by atoms with Crippen LogP contribution in [0.5, 0.6) is 0 Å². The first-order valence-corrected chi connectivity index (χ1v) is 7.06. The quantitative estimate of drug-likeness (QED) is 0.885. The summed E-state index contributed by atoms with van der Waals surface area (Å²) in [5.74, 6) is 0. The minimum atomic E-state index is 0.253. The molecule has 1 fully saturated rings. The number of nitrogens with zero attached hydrogens (tertiary/aromatic N) is 2. The van der Waals surface area contributed by atoms with Gasteiger partial charge in [0.25, 0.3) is 0 Å². The van der Waals surface area contributed by atoms with E-state index in [9.17, 15) is 0 Å². The molecule has 0 saturated carbocycles. The largest absolute Gasteiger partial charge is 0.311 e. The van der Waals surface area contributed by atoms with Gasteiger partial charge >= 0.3 is 0 Å². The van der Waals surface area contributed by atoms with Gasteiger partial charge in [0.1, 0.15) is 0 Å². The van der Waals surface area contributed by atoms with Crippen molar-refractivity contribution >= 4 is 0 Å². The van der Waals surface area contributed by atoms with Crippen LogP contribution in [-0.4, -0.2) is 34.6 Å². The molecule has 0 spiro atoms. The number of aromatic nitrogens is 1. The fourth-order valence-corrected chi connectivity index (χ4v) is 2.59. The minimum absolute atomic E-state index is 0.253. The lowest BCUT2D eigenvalue weighted by molar-refractivity contribution is 0.0398. The van der Waals surface area contributed by atoms with Gasteiger partial charge in [0.05, 0.1) is 5.69 Å². The Labute approximate surface area is 111 Å². The summed E-state index contributed by atoms with van der Waals surface area (Å²) in [5, 5.41) is 3.66. The minimum Gasteiger partial charge on any atom is -0.311 e. The summed E-state index contributed by atoms with van der Waals surface area (Å²) >= 11 is 0. The molecule has 100 valence electrons. The Kier molecular flexibility index (Phi) is 4.36. The lowest BCUT2D eigenvalue weighted by atomic mass is 9.91. The second-order valence-corrected chi connectivity index (χ2v) is 5.54. The zero-order chi connectivity index (χ0) is 13.0. The summed E-state index contributed by atoms with van der Waals surface area (Å²) < 4.78 is 0. The Hall–Kier alpha value is -0.930. The zero-order valence-corrected chi connectivity index (χ0v) is 11.8. The Bertz CT molecular complexity index is 365. The molecule has 1 saturated heterocycles. The summed E-state index contributed by atoms with van der Waals surface area (Å²) in [6, 6.07) is 6.80. The Balaban J connectivity index is 2.10. The van der Waals surface area contributed by atoms with Gasteiger partial charge in [0, 0.05) is 37.4 Å². The SMILES string of the molecule is CCC1CN(Cc2ccccn2)C(C)(CC)CN1. The Morgan fingerprint density at radius 3 is 2.89 bits per heavy atom. The first-order valence-electron chi connectivity index (χ1n) is 7.06. The number of rotatable bonds is 4. The maximum Gasteiger partial charge on any atom is 0.0544 e. The molecule has 0 amide bonds. The lowest BCUT2D eigenvalue weighted by Gasteiger charge is -2.47. The van der Waals surface area contributed by atoms with Crippen molar-refractivity contribution in [3.05, 3.63) is 30.1 Å². The summed E-state index contributed by atoms with van der Waals surface area (Å²) in [5.41, 5.74) is 1.43. The highest BCUT2D eigenvalue weighted by molar-refractivity contribution is 5.06. The number of pyridine rings is 1. The summed E-state index contributed by atoms with van der Waals surface area (Å²) in [6.07, 6.45) is 4.25. The standard InChI is InChI=1S/C15H25N3/c1-4-13-10-18(15(3,5-2)12-17-13)11-14-8-6-7-9-16-14/h6-9,13,17H,4-5,10-12H2,1-3H3. The van der Waals surface area contributed by atoms with Crippen molar-refractivity contribution in [2.24, 2.45) is 0 Å². The van der Waals surface area contributed by atoms with Gasteiger partial charge in [-0.1, -0.05) is 19.9 Å². The smallest absolute Gasteiger partial charge is 0.0544 e. The van der Waals surface area contributed by atoms with Crippen molar-refractivity contribution in [1.82, 2.24) is 15.2 Å². The lowest BCUT2D eigenvalue weighted by Crippen LogP contribution is -2.62. The molecular formula is C15H25N3. The van der Waals surface area contributed by atoms with Gasteiger partial charge in [-0.2, -0.15) is 0 Å². The third-order valence-electron chi connectivity index (χ3n) is 4.31. The van der Waals surface area contributed by atoms with Gasteiger partial charge in [0.2, 0.25) is 0 Å². The first-order chi connectivity index (χ1) is 8.68. The van der Waals surface area contributed by atoms with Crippen LogP contribution >= 0.6 is 0 Å². The van der Waals surface area contributed by atoms with E-state index in [2.05, 4.69) is 48.1 Å². The van der Waals surface area contributed by atoms with Crippen LogP contribution in [0.4, 0.5) is 0 Å². The van der Waals surface area contributed by atoms with Gasteiger partial charge in [-0.25, -0.2) is 0 Å². The van der Waals surface area contributed by atoms with Crippen LogP contribution in [-0.2, 0) is 6.54 Å². The third kappa shape index (κ3) is 2.90. The van der Waals surface area contributed by atoms with E-state index in [1.807, 2.05) is 12.3 Å². The van der Waals surface area contributed by atoms with Crippen molar-refractivity contribution < 1.29 is 0 Å². The van der Waals surface area contributed by atoms with Crippen LogP contribution in [0.1, 0.15) is 39.3 Å². The molecule has 1 aliphatic heterocycles. The van der Waals surface area contributed by atoms with Gasteiger partial charge < -0.3 is 5.32 Å². The normalized spacial score (nSPS) is 29.4. The maximum absolute atomic E-state index is 4.46. The van der Waals surface area contributed by atoms with E-state index in [1.54, 1.807) is 0 Å². The van der Waals surface area contributed by atoms with Crippen molar-refractivity contribution in [2.75, 3.05) is 13.1 Å². The van der Waals surface area contributed by atoms with E-state index in [-0.39, 0.29) is 5.54 Å². The van der Waals surface area contributed by atoms with Gasteiger partial charge in [-0.15, -0.1) is 0 Å². The highest BCUT2D eigenvalue weighted by atomic mass is 15.3. The molecule has 2 heterocycles. The Morgan fingerprint density at radius 1 is 1.44 bits per heavy atom. The molecule has 1 aromatic rings. The number of hydrogen-bond acceptors (Lipinski definition) is 3. The van der Waals surface area contributed by atoms with Crippen LogP contribution < -0.4 is 5.32 Å². The van der Waals surface area contributed by atoms with Crippen LogP contribution in [0.2, 0.25) is 0 Å². The van der Waals surface area contributed by atoms with E-state index < -0.39 is 0 Å². The van der Waals surface area contributed by atoms with Gasteiger partial charge in [-0.05, 0) is 31.9 Å². The molecule has 0 aromatic carbocycles.